The Kier molecular flexibility index (Phi) is 5.70. The number of hydrogen-bond acceptors (Lipinski definition) is 3. The molecule has 0 bridgehead atoms. The first kappa shape index (κ1) is 21.9. The number of amides is 1. The number of fused-ring (bicyclic) bond motifs is 1. The smallest absolute Gasteiger partial charge is 0.272 e. The van der Waals surface area contributed by atoms with Crippen molar-refractivity contribution in [3.05, 3.63) is 88.8 Å². The summed E-state index contributed by atoms with van der Waals surface area (Å²) in [7, 11) is -1.80. The zero-order valence-electron chi connectivity index (χ0n) is 17.5. The molecular weight excluding hydrogens is 434 g/mol. The van der Waals surface area contributed by atoms with Crippen LogP contribution in [-0.2, 0) is 23.4 Å². The first-order chi connectivity index (χ1) is 15.1. The molecule has 0 fully saturated rings. The Balaban J connectivity index is 1.65. The summed E-state index contributed by atoms with van der Waals surface area (Å²) in [4.78, 5) is 13.1. The fraction of sp³-hybridized carbons (Fsp3) is 0.174. The fourth-order valence-corrected chi connectivity index (χ4v) is 5.17. The van der Waals surface area contributed by atoms with Gasteiger partial charge in [-0.3, -0.25) is 4.79 Å². The molecule has 1 aliphatic rings. The molecule has 0 radical (unpaired) electrons. The van der Waals surface area contributed by atoms with Crippen LogP contribution in [-0.4, -0.2) is 20.7 Å². The molecule has 2 aromatic carbocycles. The minimum atomic E-state index is -3.40. The monoisotopic (exact) mass is 456 g/mol. The van der Waals surface area contributed by atoms with E-state index in [0.29, 0.717) is 12.0 Å². The van der Waals surface area contributed by atoms with E-state index in [1.807, 2.05) is 31.2 Å². The lowest BCUT2D eigenvalue weighted by Gasteiger charge is -2.15. The molecule has 1 unspecified atom stereocenters. The van der Waals surface area contributed by atoms with Crippen molar-refractivity contribution in [2.24, 2.45) is 7.05 Å². The molecule has 0 saturated heterocycles. The van der Waals surface area contributed by atoms with Crippen LogP contribution >= 0.6 is 0 Å². The number of aryl methyl sites for hydroxylation is 2. The summed E-state index contributed by atoms with van der Waals surface area (Å²) in [5.41, 5.74) is 2.76. The fourth-order valence-electron chi connectivity index (χ4n) is 3.67. The third-order valence-corrected chi connectivity index (χ3v) is 6.85. The molecular formula is C23H22F2N4O2S. The van der Waals surface area contributed by atoms with Crippen molar-refractivity contribution < 1.29 is 17.8 Å². The van der Waals surface area contributed by atoms with E-state index in [-0.39, 0.29) is 22.3 Å². The van der Waals surface area contributed by atoms with E-state index < -0.39 is 27.5 Å². The molecule has 3 N–H and O–H groups in total. The first-order valence-electron chi connectivity index (χ1n) is 9.89. The highest BCUT2D eigenvalue weighted by atomic mass is 32.2. The SMILES string of the molecule is Cc1ccc(C[C@H]2C=Cc3c(cn(C)c3C(=O)Nc3ccc(F)c(F)c3)S(=N)(=O)N2)cc1. The molecule has 166 valence electrons. The zero-order valence-corrected chi connectivity index (χ0v) is 18.3. The van der Waals surface area contributed by atoms with Crippen molar-refractivity contribution in [3.8, 4) is 0 Å². The van der Waals surface area contributed by atoms with Gasteiger partial charge in [-0.05, 0) is 31.0 Å². The minimum Gasteiger partial charge on any atom is -0.345 e. The Labute approximate surface area is 185 Å². The molecule has 4 rings (SSSR count). The summed E-state index contributed by atoms with van der Waals surface area (Å²) in [5.74, 6) is -2.68. The van der Waals surface area contributed by atoms with Crippen molar-refractivity contribution in [2.45, 2.75) is 24.3 Å². The van der Waals surface area contributed by atoms with Crippen LogP contribution < -0.4 is 10.0 Å². The van der Waals surface area contributed by atoms with Crippen LogP contribution in [0.5, 0.6) is 0 Å². The van der Waals surface area contributed by atoms with Crippen LogP contribution in [0.2, 0.25) is 0 Å². The van der Waals surface area contributed by atoms with Gasteiger partial charge in [-0.25, -0.2) is 22.5 Å². The van der Waals surface area contributed by atoms with Gasteiger partial charge in [0.1, 0.15) is 15.6 Å². The summed E-state index contributed by atoms with van der Waals surface area (Å²) in [5, 5.41) is 2.53. The van der Waals surface area contributed by atoms with Crippen LogP contribution in [0.25, 0.3) is 6.08 Å². The molecule has 1 aliphatic heterocycles. The van der Waals surface area contributed by atoms with Crippen molar-refractivity contribution in [1.29, 1.82) is 4.78 Å². The molecule has 6 nitrogen and oxygen atoms in total. The Morgan fingerprint density at radius 2 is 1.91 bits per heavy atom. The predicted octanol–water partition coefficient (Wildman–Crippen LogP) is 4.41. The molecule has 1 aromatic heterocycles. The van der Waals surface area contributed by atoms with Crippen molar-refractivity contribution >= 4 is 27.6 Å². The van der Waals surface area contributed by atoms with Crippen molar-refractivity contribution in [2.75, 3.05) is 5.32 Å². The molecule has 0 spiro atoms. The Morgan fingerprint density at radius 3 is 2.59 bits per heavy atom. The number of nitrogens with one attached hydrogen (secondary N) is 3. The van der Waals surface area contributed by atoms with E-state index in [0.717, 1.165) is 23.3 Å². The standard InChI is InChI=1S/C23H22F2N4O2S/c1-14-3-5-15(6-4-14)11-17-7-9-18-21(32(26,31)28-17)13-29(2)22(18)23(30)27-16-8-10-19(24)20(25)12-16/h3-10,12-13,17H,11H2,1-2H3,(H,27,30)(H2,26,28,31)/t17-,32?/m1/s1. The zero-order chi connectivity index (χ0) is 23.0. The van der Waals surface area contributed by atoms with Crippen molar-refractivity contribution in [1.82, 2.24) is 9.29 Å². The van der Waals surface area contributed by atoms with Gasteiger partial charge in [0.05, 0.1) is 4.90 Å². The molecule has 32 heavy (non-hydrogen) atoms. The predicted molar refractivity (Wildman–Crippen MR) is 120 cm³/mol. The third kappa shape index (κ3) is 4.35. The highest BCUT2D eigenvalue weighted by Crippen LogP contribution is 2.28. The highest BCUT2D eigenvalue weighted by Gasteiger charge is 2.28. The summed E-state index contributed by atoms with van der Waals surface area (Å²) >= 11 is 0. The molecule has 0 aliphatic carbocycles. The van der Waals surface area contributed by atoms with E-state index in [2.05, 4.69) is 10.0 Å². The normalized spacial score (nSPS) is 19.9. The van der Waals surface area contributed by atoms with Gasteiger partial charge in [-0.1, -0.05) is 42.0 Å². The van der Waals surface area contributed by atoms with E-state index in [1.165, 1.54) is 16.8 Å². The van der Waals surface area contributed by atoms with E-state index in [1.54, 1.807) is 19.2 Å². The van der Waals surface area contributed by atoms with Crippen LogP contribution in [0, 0.1) is 23.3 Å². The maximum Gasteiger partial charge on any atom is 0.272 e. The summed E-state index contributed by atoms with van der Waals surface area (Å²) in [6.45, 7) is 1.99. The van der Waals surface area contributed by atoms with Crippen LogP contribution in [0.15, 0.2) is 59.6 Å². The van der Waals surface area contributed by atoms with Gasteiger partial charge in [0.2, 0.25) is 0 Å². The van der Waals surface area contributed by atoms with Gasteiger partial charge in [-0.2, -0.15) is 0 Å². The second kappa shape index (κ2) is 8.33. The van der Waals surface area contributed by atoms with Crippen LogP contribution in [0.1, 0.15) is 27.2 Å². The van der Waals surface area contributed by atoms with E-state index >= 15 is 0 Å². The third-order valence-electron chi connectivity index (χ3n) is 5.28. The van der Waals surface area contributed by atoms with E-state index in [4.69, 9.17) is 4.78 Å². The molecule has 3 aromatic rings. The molecule has 0 saturated carbocycles. The molecule has 1 amide bonds. The summed E-state index contributed by atoms with van der Waals surface area (Å²) in [6.07, 6.45) is 5.48. The number of carbonyl (C=O) groups excluding carboxylic acids is 1. The Hall–Kier alpha value is -3.30. The largest absolute Gasteiger partial charge is 0.345 e. The summed E-state index contributed by atoms with van der Waals surface area (Å²) in [6, 6.07) is 10.6. The molecule has 9 heteroatoms. The van der Waals surface area contributed by atoms with Gasteiger partial charge >= 0.3 is 0 Å². The minimum absolute atomic E-state index is 0.0865. The second-order valence-electron chi connectivity index (χ2n) is 7.78. The van der Waals surface area contributed by atoms with Gasteiger partial charge < -0.3 is 9.88 Å². The topological polar surface area (TPSA) is 87.0 Å². The second-order valence-corrected chi connectivity index (χ2v) is 9.57. The number of rotatable bonds is 4. The van der Waals surface area contributed by atoms with Gasteiger partial charge in [-0.15, -0.1) is 0 Å². The number of anilines is 1. The van der Waals surface area contributed by atoms with Gasteiger partial charge in [0.15, 0.2) is 11.6 Å². The lowest BCUT2D eigenvalue weighted by molar-refractivity contribution is 0.101. The highest BCUT2D eigenvalue weighted by molar-refractivity contribution is 7.90. The number of nitrogens with zero attached hydrogens (tertiary/aromatic N) is 1. The Bertz CT molecular complexity index is 1330. The lowest BCUT2D eigenvalue weighted by atomic mass is 10.0. The number of halogens is 2. The van der Waals surface area contributed by atoms with Gasteiger partial charge in [0, 0.05) is 36.6 Å². The number of benzene rings is 2. The molecule has 2 atom stereocenters. The maximum atomic E-state index is 13.5. The van der Waals surface area contributed by atoms with Gasteiger partial charge in [0.25, 0.3) is 5.91 Å². The molecule has 2 heterocycles. The number of hydrogen-bond donors (Lipinski definition) is 3. The average molecular weight is 457 g/mol. The van der Waals surface area contributed by atoms with E-state index in [9.17, 15) is 17.8 Å². The first-order valence-corrected chi connectivity index (χ1v) is 11.5. The number of carbonyl (C=O) groups is 1. The average Bonchev–Trinajstić information content (AvgIpc) is 3.02. The maximum absolute atomic E-state index is 13.5. The Morgan fingerprint density at radius 1 is 1.19 bits per heavy atom. The van der Waals surface area contributed by atoms with Crippen LogP contribution in [0.3, 0.4) is 0 Å². The number of aromatic nitrogens is 1. The lowest BCUT2D eigenvalue weighted by Crippen LogP contribution is -2.33. The summed E-state index contributed by atoms with van der Waals surface area (Å²) < 4.78 is 52.7. The van der Waals surface area contributed by atoms with Crippen LogP contribution in [0.4, 0.5) is 14.5 Å². The quantitative estimate of drug-likeness (QED) is 0.543. The van der Waals surface area contributed by atoms with Crippen molar-refractivity contribution in [3.63, 3.8) is 0 Å².